The van der Waals surface area contributed by atoms with E-state index >= 15 is 0 Å². The Balaban J connectivity index is 2.62. The summed E-state index contributed by atoms with van der Waals surface area (Å²) in [7, 11) is 0. The van der Waals surface area contributed by atoms with Crippen LogP contribution in [0.3, 0.4) is 0 Å². The summed E-state index contributed by atoms with van der Waals surface area (Å²) in [6.45, 7) is 11.1. The third kappa shape index (κ3) is 2.57. The minimum Gasteiger partial charge on any atom is -0.362 e. The van der Waals surface area contributed by atoms with Crippen molar-refractivity contribution in [2.24, 2.45) is 17.8 Å². The Hall–Kier alpha value is -0.370. The zero-order chi connectivity index (χ0) is 10.9. The highest BCUT2D eigenvalue weighted by Crippen LogP contribution is 2.34. The molecule has 1 aliphatic heterocycles. The third-order valence-electron chi connectivity index (χ3n) is 2.97. The van der Waals surface area contributed by atoms with Gasteiger partial charge in [0.25, 0.3) is 0 Å². The molecule has 1 unspecified atom stereocenters. The van der Waals surface area contributed by atoms with Gasteiger partial charge in [0, 0.05) is 5.92 Å². The molecular weight excluding hydrogens is 176 g/mol. The van der Waals surface area contributed by atoms with Crippen LogP contribution < -0.4 is 0 Å². The standard InChI is InChI=1S/C12H22O2/c1-8(2)6-10(9(3)4)11(13)12(5)7-14-12/h8-10H,6-7H2,1-5H3/t10?,12-/m1/s1. The van der Waals surface area contributed by atoms with E-state index in [9.17, 15) is 4.79 Å². The molecule has 0 saturated carbocycles. The second kappa shape index (κ2) is 4.01. The van der Waals surface area contributed by atoms with Crippen molar-refractivity contribution < 1.29 is 9.53 Å². The van der Waals surface area contributed by atoms with Crippen molar-refractivity contribution in [3.63, 3.8) is 0 Å². The number of hydrogen-bond acceptors (Lipinski definition) is 2. The molecule has 1 rings (SSSR count). The molecule has 0 amide bonds. The molecule has 0 spiro atoms. The molecule has 82 valence electrons. The minimum atomic E-state index is -0.441. The van der Waals surface area contributed by atoms with Gasteiger partial charge in [-0.2, -0.15) is 0 Å². The number of ketones is 1. The summed E-state index contributed by atoms with van der Waals surface area (Å²) < 4.78 is 5.22. The van der Waals surface area contributed by atoms with E-state index in [1.165, 1.54) is 0 Å². The number of ether oxygens (including phenoxy) is 1. The molecule has 2 heteroatoms. The molecule has 1 fully saturated rings. The second-order valence-electron chi connectivity index (χ2n) is 5.36. The van der Waals surface area contributed by atoms with Crippen LogP contribution in [0.5, 0.6) is 0 Å². The van der Waals surface area contributed by atoms with Gasteiger partial charge in [-0.1, -0.05) is 27.7 Å². The number of carbonyl (C=O) groups excluding carboxylic acids is 1. The fraction of sp³-hybridized carbons (Fsp3) is 0.917. The van der Waals surface area contributed by atoms with Gasteiger partial charge in [-0.15, -0.1) is 0 Å². The summed E-state index contributed by atoms with van der Waals surface area (Å²) in [6, 6.07) is 0. The molecule has 0 N–H and O–H groups in total. The number of hydrogen-bond donors (Lipinski definition) is 0. The first-order valence-corrected chi connectivity index (χ1v) is 5.55. The van der Waals surface area contributed by atoms with Crippen LogP contribution in [0.4, 0.5) is 0 Å². The highest BCUT2D eigenvalue weighted by Gasteiger charge is 2.49. The molecule has 0 aliphatic carbocycles. The molecule has 0 aromatic rings. The maximum Gasteiger partial charge on any atom is 0.170 e. The van der Waals surface area contributed by atoms with E-state index in [1.54, 1.807) is 0 Å². The molecular formula is C12H22O2. The van der Waals surface area contributed by atoms with E-state index in [4.69, 9.17) is 4.74 Å². The first-order chi connectivity index (χ1) is 6.37. The van der Waals surface area contributed by atoms with E-state index in [0.29, 0.717) is 24.2 Å². The Kier molecular flexibility index (Phi) is 3.36. The molecule has 2 atom stereocenters. The lowest BCUT2D eigenvalue weighted by molar-refractivity contribution is -0.129. The topological polar surface area (TPSA) is 29.6 Å². The average molecular weight is 198 g/mol. The van der Waals surface area contributed by atoms with Crippen LogP contribution in [0.2, 0.25) is 0 Å². The maximum atomic E-state index is 12.1. The summed E-state index contributed by atoms with van der Waals surface area (Å²) in [5, 5.41) is 0. The average Bonchev–Trinajstić information content (AvgIpc) is 2.79. The summed E-state index contributed by atoms with van der Waals surface area (Å²) in [5.74, 6) is 1.48. The molecule has 0 aromatic carbocycles. The monoisotopic (exact) mass is 198 g/mol. The number of rotatable bonds is 5. The van der Waals surface area contributed by atoms with E-state index in [2.05, 4.69) is 27.7 Å². The van der Waals surface area contributed by atoms with Gasteiger partial charge in [0.2, 0.25) is 0 Å². The maximum absolute atomic E-state index is 12.1. The molecule has 2 nitrogen and oxygen atoms in total. The number of carbonyl (C=O) groups is 1. The predicted octanol–water partition coefficient (Wildman–Crippen LogP) is 2.66. The summed E-state index contributed by atoms with van der Waals surface area (Å²) in [5.41, 5.74) is -0.441. The molecule has 14 heavy (non-hydrogen) atoms. The molecule has 1 aliphatic rings. The van der Waals surface area contributed by atoms with Crippen LogP contribution >= 0.6 is 0 Å². The molecule has 1 saturated heterocycles. The van der Waals surface area contributed by atoms with Gasteiger partial charge in [0.15, 0.2) is 5.78 Å². The van der Waals surface area contributed by atoms with Gasteiger partial charge in [-0.25, -0.2) is 0 Å². The highest BCUT2D eigenvalue weighted by atomic mass is 16.6. The molecule has 0 radical (unpaired) electrons. The van der Waals surface area contributed by atoms with Crippen LogP contribution in [0, 0.1) is 17.8 Å². The quantitative estimate of drug-likeness (QED) is 0.636. The lowest BCUT2D eigenvalue weighted by Gasteiger charge is -2.23. The van der Waals surface area contributed by atoms with E-state index in [-0.39, 0.29) is 5.92 Å². The number of epoxide rings is 1. The Bertz CT molecular complexity index is 214. The molecule has 1 heterocycles. The van der Waals surface area contributed by atoms with Crippen molar-refractivity contribution >= 4 is 5.78 Å². The van der Waals surface area contributed by atoms with Crippen LogP contribution in [-0.4, -0.2) is 18.0 Å². The first kappa shape index (κ1) is 11.7. The van der Waals surface area contributed by atoms with Crippen LogP contribution in [0.15, 0.2) is 0 Å². The van der Waals surface area contributed by atoms with Crippen molar-refractivity contribution in [2.75, 3.05) is 6.61 Å². The summed E-state index contributed by atoms with van der Waals surface area (Å²) in [4.78, 5) is 12.1. The van der Waals surface area contributed by atoms with Gasteiger partial charge in [0.1, 0.15) is 5.60 Å². The van der Waals surface area contributed by atoms with Gasteiger partial charge in [-0.05, 0) is 25.2 Å². The Morgan fingerprint density at radius 2 is 1.86 bits per heavy atom. The van der Waals surface area contributed by atoms with Crippen LogP contribution in [0.25, 0.3) is 0 Å². The van der Waals surface area contributed by atoms with E-state index in [1.807, 2.05) is 6.92 Å². The second-order valence-corrected chi connectivity index (χ2v) is 5.36. The number of Topliss-reactive ketones (excluding diaryl/α,β-unsaturated/α-hetero) is 1. The Morgan fingerprint density at radius 3 is 2.14 bits per heavy atom. The van der Waals surface area contributed by atoms with Gasteiger partial charge >= 0.3 is 0 Å². The van der Waals surface area contributed by atoms with Crippen LogP contribution in [0.1, 0.15) is 41.0 Å². The SMILES string of the molecule is CC(C)CC(C(=O)[C@@]1(C)CO1)C(C)C. The normalized spacial score (nSPS) is 28.2. The van der Waals surface area contributed by atoms with E-state index < -0.39 is 5.60 Å². The van der Waals surface area contributed by atoms with Crippen LogP contribution in [-0.2, 0) is 9.53 Å². The van der Waals surface area contributed by atoms with Crippen molar-refractivity contribution in [2.45, 2.75) is 46.6 Å². The summed E-state index contributed by atoms with van der Waals surface area (Å²) >= 11 is 0. The van der Waals surface area contributed by atoms with Gasteiger partial charge in [-0.3, -0.25) is 4.79 Å². The third-order valence-corrected chi connectivity index (χ3v) is 2.97. The fourth-order valence-electron chi connectivity index (χ4n) is 1.83. The van der Waals surface area contributed by atoms with Crippen molar-refractivity contribution in [3.05, 3.63) is 0 Å². The van der Waals surface area contributed by atoms with Crippen molar-refractivity contribution in [1.29, 1.82) is 0 Å². The zero-order valence-electron chi connectivity index (χ0n) is 9.96. The largest absolute Gasteiger partial charge is 0.362 e. The first-order valence-electron chi connectivity index (χ1n) is 5.55. The summed E-state index contributed by atoms with van der Waals surface area (Å²) in [6.07, 6.45) is 0.982. The predicted molar refractivity (Wildman–Crippen MR) is 57.1 cm³/mol. The van der Waals surface area contributed by atoms with Gasteiger partial charge in [0.05, 0.1) is 6.61 Å². The highest BCUT2D eigenvalue weighted by molar-refractivity contribution is 5.91. The Morgan fingerprint density at radius 1 is 1.36 bits per heavy atom. The lowest BCUT2D eigenvalue weighted by atomic mass is 9.80. The van der Waals surface area contributed by atoms with Gasteiger partial charge < -0.3 is 4.74 Å². The minimum absolute atomic E-state index is 0.169. The zero-order valence-corrected chi connectivity index (χ0v) is 9.96. The van der Waals surface area contributed by atoms with E-state index in [0.717, 1.165) is 6.42 Å². The van der Waals surface area contributed by atoms with Crippen molar-refractivity contribution in [3.8, 4) is 0 Å². The molecule has 0 bridgehead atoms. The smallest absolute Gasteiger partial charge is 0.170 e. The van der Waals surface area contributed by atoms with Crippen molar-refractivity contribution in [1.82, 2.24) is 0 Å². The Labute approximate surface area is 87.0 Å². The lowest BCUT2D eigenvalue weighted by Crippen LogP contribution is -2.32. The fourth-order valence-corrected chi connectivity index (χ4v) is 1.83. The molecule has 0 aromatic heterocycles.